The van der Waals surface area contributed by atoms with Gasteiger partial charge in [-0.15, -0.1) is 0 Å². The van der Waals surface area contributed by atoms with Gasteiger partial charge in [0.15, 0.2) is 0 Å². The normalized spacial score (nSPS) is 32.2. The van der Waals surface area contributed by atoms with Gasteiger partial charge in [-0.1, -0.05) is 0 Å². The van der Waals surface area contributed by atoms with Crippen molar-refractivity contribution in [1.82, 2.24) is 0 Å². The van der Waals surface area contributed by atoms with Crippen LogP contribution in [0.25, 0.3) is 0 Å². The lowest BCUT2D eigenvalue weighted by Gasteiger charge is -2.31. The molecule has 0 bridgehead atoms. The zero-order chi connectivity index (χ0) is 7.95. The molecule has 0 aromatic heterocycles. The SMILES string of the molecule is NC1(C2(CO)OCCO2)CC1. The van der Waals surface area contributed by atoms with Gasteiger partial charge in [-0.05, 0) is 12.8 Å². The van der Waals surface area contributed by atoms with E-state index in [-0.39, 0.29) is 6.61 Å². The maximum Gasteiger partial charge on any atom is 0.210 e. The summed E-state index contributed by atoms with van der Waals surface area (Å²) in [6, 6.07) is 0. The molecule has 0 unspecified atom stereocenters. The number of hydrogen-bond acceptors (Lipinski definition) is 4. The molecule has 1 saturated heterocycles. The summed E-state index contributed by atoms with van der Waals surface area (Å²) in [5.74, 6) is -0.882. The number of aliphatic hydroxyl groups excluding tert-OH is 1. The Morgan fingerprint density at radius 2 is 1.82 bits per heavy atom. The summed E-state index contributed by atoms with van der Waals surface area (Å²) in [5, 5.41) is 9.06. The van der Waals surface area contributed by atoms with Crippen LogP contribution in [0.1, 0.15) is 12.8 Å². The second-order valence-electron chi connectivity index (χ2n) is 3.26. The minimum absolute atomic E-state index is 0.135. The Balaban J connectivity index is 2.15. The molecule has 4 heteroatoms. The van der Waals surface area contributed by atoms with Crippen molar-refractivity contribution in [3.8, 4) is 0 Å². The van der Waals surface area contributed by atoms with E-state index in [9.17, 15) is 0 Å². The van der Waals surface area contributed by atoms with E-state index < -0.39 is 11.3 Å². The van der Waals surface area contributed by atoms with Crippen molar-refractivity contribution in [2.24, 2.45) is 5.73 Å². The van der Waals surface area contributed by atoms with Crippen LogP contribution in [0, 0.1) is 0 Å². The molecule has 0 amide bonds. The van der Waals surface area contributed by atoms with E-state index >= 15 is 0 Å². The third-order valence-electron chi connectivity index (χ3n) is 2.51. The molecule has 0 aromatic rings. The van der Waals surface area contributed by atoms with Gasteiger partial charge in [0.25, 0.3) is 0 Å². The zero-order valence-corrected chi connectivity index (χ0v) is 6.38. The molecule has 0 radical (unpaired) electrons. The molecule has 2 fully saturated rings. The Labute approximate surface area is 65.3 Å². The van der Waals surface area contributed by atoms with E-state index in [1.54, 1.807) is 0 Å². The molecule has 1 saturated carbocycles. The van der Waals surface area contributed by atoms with Crippen LogP contribution < -0.4 is 5.73 Å². The summed E-state index contributed by atoms with van der Waals surface area (Å²) in [4.78, 5) is 0. The highest BCUT2D eigenvalue weighted by Crippen LogP contribution is 2.46. The van der Waals surface area contributed by atoms with E-state index in [1.807, 2.05) is 0 Å². The van der Waals surface area contributed by atoms with E-state index in [0.29, 0.717) is 13.2 Å². The third kappa shape index (κ3) is 0.906. The zero-order valence-electron chi connectivity index (χ0n) is 6.38. The number of rotatable bonds is 2. The molecular formula is C7H13NO3. The Morgan fingerprint density at radius 1 is 1.27 bits per heavy atom. The summed E-state index contributed by atoms with van der Waals surface area (Å²) >= 11 is 0. The highest BCUT2D eigenvalue weighted by atomic mass is 16.7. The fraction of sp³-hybridized carbons (Fsp3) is 1.00. The van der Waals surface area contributed by atoms with Crippen LogP contribution in [0.4, 0.5) is 0 Å². The van der Waals surface area contributed by atoms with Gasteiger partial charge in [-0.2, -0.15) is 0 Å². The molecule has 3 N–H and O–H groups in total. The second-order valence-corrected chi connectivity index (χ2v) is 3.26. The lowest BCUT2D eigenvalue weighted by Crippen LogP contribution is -2.54. The molecule has 0 spiro atoms. The monoisotopic (exact) mass is 159 g/mol. The van der Waals surface area contributed by atoms with Gasteiger partial charge in [-0.3, -0.25) is 0 Å². The molecule has 1 aliphatic carbocycles. The first-order valence-electron chi connectivity index (χ1n) is 3.90. The fourth-order valence-electron chi connectivity index (χ4n) is 1.51. The van der Waals surface area contributed by atoms with E-state index in [4.69, 9.17) is 20.3 Å². The Hall–Kier alpha value is -0.160. The van der Waals surface area contributed by atoms with Crippen LogP contribution in [0.5, 0.6) is 0 Å². The Morgan fingerprint density at radius 3 is 2.18 bits per heavy atom. The van der Waals surface area contributed by atoms with Gasteiger partial charge in [0.05, 0.1) is 25.4 Å². The Kier molecular flexibility index (Phi) is 1.47. The van der Waals surface area contributed by atoms with Crippen molar-refractivity contribution in [2.75, 3.05) is 19.8 Å². The predicted molar refractivity (Wildman–Crippen MR) is 37.9 cm³/mol. The maximum atomic E-state index is 9.06. The van der Waals surface area contributed by atoms with Crippen molar-refractivity contribution >= 4 is 0 Å². The van der Waals surface area contributed by atoms with Crippen molar-refractivity contribution in [2.45, 2.75) is 24.2 Å². The molecule has 64 valence electrons. The summed E-state index contributed by atoms with van der Waals surface area (Å²) < 4.78 is 10.6. The van der Waals surface area contributed by atoms with Crippen molar-refractivity contribution in [3.63, 3.8) is 0 Å². The molecule has 1 aliphatic heterocycles. The van der Waals surface area contributed by atoms with Crippen LogP contribution in [-0.2, 0) is 9.47 Å². The summed E-state index contributed by atoms with van der Waals surface area (Å²) in [5.41, 5.74) is 5.47. The molecule has 11 heavy (non-hydrogen) atoms. The van der Waals surface area contributed by atoms with Crippen LogP contribution in [0.3, 0.4) is 0 Å². The molecule has 4 nitrogen and oxygen atoms in total. The molecular weight excluding hydrogens is 146 g/mol. The quantitative estimate of drug-likeness (QED) is 0.554. The van der Waals surface area contributed by atoms with Gasteiger partial charge in [0.1, 0.15) is 0 Å². The standard InChI is InChI=1S/C7H13NO3/c8-6(1-2-6)7(5-9)10-3-4-11-7/h9H,1-5,8H2. The van der Waals surface area contributed by atoms with Crippen LogP contribution >= 0.6 is 0 Å². The lowest BCUT2D eigenvalue weighted by atomic mass is 10.1. The fourth-order valence-corrected chi connectivity index (χ4v) is 1.51. The van der Waals surface area contributed by atoms with Gasteiger partial charge in [0, 0.05) is 0 Å². The van der Waals surface area contributed by atoms with E-state index in [0.717, 1.165) is 12.8 Å². The second kappa shape index (κ2) is 2.17. The van der Waals surface area contributed by atoms with Crippen molar-refractivity contribution in [3.05, 3.63) is 0 Å². The van der Waals surface area contributed by atoms with Gasteiger partial charge >= 0.3 is 0 Å². The van der Waals surface area contributed by atoms with Gasteiger partial charge < -0.3 is 20.3 Å². The number of hydrogen-bond donors (Lipinski definition) is 2. The predicted octanol–water partition coefficient (Wildman–Crippen LogP) is -0.787. The largest absolute Gasteiger partial charge is 0.391 e. The number of ether oxygens (including phenoxy) is 2. The first-order valence-corrected chi connectivity index (χ1v) is 3.90. The first-order chi connectivity index (χ1) is 5.22. The first kappa shape index (κ1) is 7.49. The number of aliphatic hydroxyl groups is 1. The molecule has 1 heterocycles. The van der Waals surface area contributed by atoms with E-state index in [1.165, 1.54) is 0 Å². The minimum Gasteiger partial charge on any atom is -0.391 e. The topological polar surface area (TPSA) is 64.7 Å². The van der Waals surface area contributed by atoms with Crippen LogP contribution in [0.2, 0.25) is 0 Å². The minimum atomic E-state index is -0.882. The maximum absolute atomic E-state index is 9.06. The molecule has 0 atom stereocenters. The van der Waals surface area contributed by atoms with Crippen LogP contribution in [-0.4, -0.2) is 36.3 Å². The summed E-state index contributed by atoms with van der Waals surface area (Å²) in [7, 11) is 0. The highest BCUT2D eigenvalue weighted by Gasteiger charge is 2.60. The average Bonchev–Trinajstić information content (AvgIpc) is 2.62. The summed E-state index contributed by atoms with van der Waals surface area (Å²) in [6.07, 6.45) is 1.76. The smallest absolute Gasteiger partial charge is 0.210 e. The number of nitrogens with two attached hydrogens (primary N) is 1. The Bertz CT molecular complexity index is 161. The summed E-state index contributed by atoms with van der Waals surface area (Å²) in [6.45, 7) is 0.947. The van der Waals surface area contributed by atoms with Crippen LogP contribution in [0.15, 0.2) is 0 Å². The van der Waals surface area contributed by atoms with Gasteiger partial charge in [-0.25, -0.2) is 0 Å². The van der Waals surface area contributed by atoms with Crippen molar-refractivity contribution in [1.29, 1.82) is 0 Å². The van der Waals surface area contributed by atoms with Gasteiger partial charge in [0.2, 0.25) is 5.79 Å². The molecule has 0 aromatic carbocycles. The van der Waals surface area contributed by atoms with Crippen molar-refractivity contribution < 1.29 is 14.6 Å². The highest BCUT2D eigenvalue weighted by molar-refractivity contribution is 5.11. The molecule has 2 aliphatic rings. The average molecular weight is 159 g/mol. The molecule has 2 rings (SSSR count). The lowest BCUT2D eigenvalue weighted by molar-refractivity contribution is -0.203. The van der Waals surface area contributed by atoms with E-state index in [2.05, 4.69) is 0 Å². The third-order valence-corrected chi connectivity index (χ3v) is 2.51.